The molecule has 0 atom stereocenters. The van der Waals surface area contributed by atoms with Crippen LogP contribution in [-0.4, -0.2) is 15.7 Å². The number of thioether (sulfide) groups is 1. The number of hydrogen-bond acceptors (Lipinski definition) is 4. The minimum absolute atomic E-state index is 0.150. The zero-order valence-corrected chi connectivity index (χ0v) is 16.0. The zero-order valence-electron chi connectivity index (χ0n) is 14.4. The topological polar surface area (TPSA) is 46.9 Å². The fourth-order valence-electron chi connectivity index (χ4n) is 2.62. The summed E-state index contributed by atoms with van der Waals surface area (Å²) in [5.41, 5.74) is 1.61. The van der Waals surface area contributed by atoms with Crippen molar-refractivity contribution in [2.45, 2.75) is 10.6 Å². The van der Waals surface area contributed by atoms with Gasteiger partial charge in [-0.15, -0.1) is 23.1 Å². The monoisotopic (exact) mass is 391 g/mol. The van der Waals surface area contributed by atoms with Gasteiger partial charge >= 0.3 is 0 Å². The lowest BCUT2D eigenvalue weighted by Gasteiger charge is -2.08. The van der Waals surface area contributed by atoms with Crippen LogP contribution >= 0.6 is 23.1 Å². The van der Waals surface area contributed by atoms with E-state index >= 15 is 0 Å². The average molecular weight is 392 g/mol. The van der Waals surface area contributed by atoms with Gasteiger partial charge in [0.1, 0.15) is 0 Å². The molecule has 0 unspecified atom stereocenters. The summed E-state index contributed by atoms with van der Waals surface area (Å²) in [5.74, 6) is 1.23. The van der Waals surface area contributed by atoms with Crippen LogP contribution in [0.5, 0.6) is 0 Å². The Balaban J connectivity index is 1.48. The quantitative estimate of drug-likeness (QED) is 0.443. The number of carbonyl (C=O) groups excluding carboxylic acids is 1. The molecule has 134 valence electrons. The molecule has 1 amide bonds. The van der Waals surface area contributed by atoms with Crippen molar-refractivity contribution in [2.24, 2.45) is 0 Å². The molecule has 27 heavy (non-hydrogen) atoms. The summed E-state index contributed by atoms with van der Waals surface area (Å²) in [6.45, 7) is 0. The normalized spacial score (nSPS) is 10.7. The molecule has 0 aliphatic heterocycles. The van der Waals surface area contributed by atoms with Crippen molar-refractivity contribution in [2.75, 3.05) is 5.32 Å². The van der Waals surface area contributed by atoms with Gasteiger partial charge in [-0.05, 0) is 35.7 Å². The molecule has 0 saturated heterocycles. The Labute approximate surface area is 165 Å². The third-order valence-electron chi connectivity index (χ3n) is 3.93. The first-order valence-corrected chi connectivity index (χ1v) is 10.3. The Kier molecular flexibility index (Phi) is 5.37. The Hall–Kier alpha value is -2.83. The summed E-state index contributed by atoms with van der Waals surface area (Å²) in [5, 5.41) is 9.41. The average Bonchev–Trinajstić information content (AvgIpc) is 3.39. The summed E-state index contributed by atoms with van der Waals surface area (Å²) in [4.78, 5) is 15.0. The minimum atomic E-state index is -0.150. The van der Waals surface area contributed by atoms with Crippen LogP contribution in [0, 0.1) is 0 Å². The highest BCUT2D eigenvalue weighted by atomic mass is 32.2. The second-order valence-corrected chi connectivity index (χ2v) is 7.85. The maximum absolute atomic E-state index is 12.8. The van der Waals surface area contributed by atoms with Crippen molar-refractivity contribution in [3.05, 3.63) is 94.8 Å². The molecule has 0 radical (unpaired) electrons. The number of rotatable bonds is 6. The summed E-state index contributed by atoms with van der Waals surface area (Å²) < 4.78 is 1.74. The fourth-order valence-corrected chi connectivity index (χ4v) is 4.45. The van der Waals surface area contributed by atoms with Crippen LogP contribution < -0.4 is 5.32 Å². The first kappa shape index (κ1) is 17.6. The molecule has 6 heteroatoms. The summed E-state index contributed by atoms with van der Waals surface area (Å²) >= 11 is 3.40. The molecule has 2 aromatic heterocycles. The molecule has 0 aliphatic carbocycles. The highest BCUT2D eigenvalue weighted by Crippen LogP contribution is 2.28. The van der Waals surface area contributed by atoms with Crippen molar-refractivity contribution < 1.29 is 4.79 Å². The standard InChI is InChI=1S/C21H17N3OS2/c25-21(22-20-12-13-24(23-20)16-7-2-1-3-8-16)18-10-4-5-11-19(18)27-15-17-9-6-14-26-17/h1-14H,15H2,(H,22,23,25). The molecular weight excluding hydrogens is 374 g/mol. The predicted octanol–water partition coefficient (Wildman–Crippen LogP) is 5.48. The molecule has 4 rings (SSSR count). The van der Waals surface area contributed by atoms with Crippen molar-refractivity contribution >= 4 is 34.8 Å². The second kappa shape index (κ2) is 8.24. The van der Waals surface area contributed by atoms with E-state index in [9.17, 15) is 4.79 Å². The van der Waals surface area contributed by atoms with Gasteiger partial charge in [-0.2, -0.15) is 5.10 Å². The maximum Gasteiger partial charge on any atom is 0.257 e. The van der Waals surface area contributed by atoms with E-state index in [1.165, 1.54) is 4.88 Å². The van der Waals surface area contributed by atoms with E-state index in [1.807, 2.05) is 66.9 Å². The number of thiophene rings is 1. The second-order valence-electron chi connectivity index (χ2n) is 5.80. The van der Waals surface area contributed by atoms with Gasteiger partial charge in [0.15, 0.2) is 5.82 Å². The number of hydrogen-bond donors (Lipinski definition) is 1. The highest BCUT2D eigenvalue weighted by Gasteiger charge is 2.13. The van der Waals surface area contributed by atoms with E-state index in [1.54, 1.807) is 33.8 Å². The molecule has 0 spiro atoms. The molecule has 4 aromatic rings. The first-order valence-electron chi connectivity index (χ1n) is 8.46. The Morgan fingerprint density at radius 2 is 1.81 bits per heavy atom. The lowest BCUT2D eigenvalue weighted by molar-refractivity contribution is 0.102. The molecule has 1 N–H and O–H groups in total. The van der Waals surface area contributed by atoms with Gasteiger partial charge in [-0.25, -0.2) is 4.68 Å². The van der Waals surface area contributed by atoms with E-state index in [0.29, 0.717) is 11.4 Å². The van der Waals surface area contributed by atoms with Crippen molar-refractivity contribution in [3.63, 3.8) is 0 Å². The molecule has 2 aromatic carbocycles. The van der Waals surface area contributed by atoms with E-state index in [0.717, 1.165) is 16.3 Å². The molecule has 0 bridgehead atoms. The lowest BCUT2D eigenvalue weighted by Crippen LogP contribution is -2.13. The molecule has 0 fully saturated rings. The van der Waals surface area contributed by atoms with E-state index < -0.39 is 0 Å². The van der Waals surface area contributed by atoms with Crippen LogP contribution in [0.3, 0.4) is 0 Å². The number of nitrogens with one attached hydrogen (secondary N) is 1. The number of nitrogens with zero attached hydrogens (tertiary/aromatic N) is 2. The Morgan fingerprint density at radius 3 is 2.63 bits per heavy atom. The third kappa shape index (κ3) is 4.30. The van der Waals surface area contributed by atoms with Crippen LogP contribution in [0.1, 0.15) is 15.2 Å². The van der Waals surface area contributed by atoms with Gasteiger partial charge in [0.05, 0.1) is 11.3 Å². The zero-order chi connectivity index (χ0) is 18.5. The summed E-state index contributed by atoms with van der Waals surface area (Å²) in [7, 11) is 0. The van der Waals surface area contributed by atoms with Crippen molar-refractivity contribution in [1.82, 2.24) is 9.78 Å². The van der Waals surface area contributed by atoms with E-state index in [2.05, 4.69) is 21.9 Å². The molecular formula is C21H17N3OS2. The lowest BCUT2D eigenvalue weighted by atomic mass is 10.2. The van der Waals surface area contributed by atoms with Crippen LogP contribution in [0.15, 0.2) is 89.3 Å². The van der Waals surface area contributed by atoms with Gasteiger partial charge in [-0.3, -0.25) is 4.79 Å². The smallest absolute Gasteiger partial charge is 0.257 e. The van der Waals surface area contributed by atoms with Crippen molar-refractivity contribution in [3.8, 4) is 5.69 Å². The molecule has 4 nitrogen and oxygen atoms in total. The maximum atomic E-state index is 12.8. The van der Waals surface area contributed by atoms with Crippen LogP contribution in [-0.2, 0) is 5.75 Å². The number of anilines is 1. The fraction of sp³-hybridized carbons (Fsp3) is 0.0476. The number of aromatic nitrogens is 2. The Bertz CT molecular complexity index is 1030. The van der Waals surface area contributed by atoms with Crippen LogP contribution in [0.2, 0.25) is 0 Å². The predicted molar refractivity (Wildman–Crippen MR) is 112 cm³/mol. The van der Waals surface area contributed by atoms with Crippen LogP contribution in [0.25, 0.3) is 5.69 Å². The molecule has 0 saturated carbocycles. The summed E-state index contributed by atoms with van der Waals surface area (Å²) in [6, 6.07) is 23.4. The highest BCUT2D eigenvalue weighted by molar-refractivity contribution is 7.98. The van der Waals surface area contributed by atoms with Gasteiger partial charge < -0.3 is 5.32 Å². The number of amides is 1. The first-order chi connectivity index (χ1) is 13.3. The number of carbonyl (C=O) groups is 1. The van der Waals surface area contributed by atoms with Gasteiger partial charge in [0.2, 0.25) is 0 Å². The van der Waals surface area contributed by atoms with E-state index in [-0.39, 0.29) is 5.91 Å². The SMILES string of the molecule is O=C(Nc1ccn(-c2ccccc2)n1)c1ccccc1SCc1cccs1. The number of para-hydroxylation sites is 1. The number of benzene rings is 2. The van der Waals surface area contributed by atoms with Gasteiger partial charge in [0, 0.05) is 27.8 Å². The van der Waals surface area contributed by atoms with Gasteiger partial charge in [-0.1, -0.05) is 36.4 Å². The summed E-state index contributed by atoms with van der Waals surface area (Å²) in [6.07, 6.45) is 1.84. The molecule has 2 heterocycles. The minimum Gasteiger partial charge on any atom is -0.305 e. The Morgan fingerprint density at radius 1 is 1.00 bits per heavy atom. The van der Waals surface area contributed by atoms with Crippen LogP contribution in [0.4, 0.5) is 5.82 Å². The van der Waals surface area contributed by atoms with Crippen molar-refractivity contribution in [1.29, 1.82) is 0 Å². The third-order valence-corrected chi connectivity index (χ3v) is 6.11. The molecule has 0 aliphatic rings. The van der Waals surface area contributed by atoms with Gasteiger partial charge in [0.25, 0.3) is 5.91 Å². The van der Waals surface area contributed by atoms with E-state index in [4.69, 9.17) is 0 Å². The largest absolute Gasteiger partial charge is 0.305 e.